The van der Waals surface area contributed by atoms with Gasteiger partial charge in [-0.1, -0.05) is 19.0 Å². The molecule has 0 bridgehead atoms. The summed E-state index contributed by atoms with van der Waals surface area (Å²) < 4.78 is 43.4. The first kappa shape index (κ1) is 21.9. The summed E-state index contributed by atoms with van der Waals surface area (Å²) in [6, 6.07) is 8.69. The normalized spacial score (nSPS) is 12.6. The van der Waals surface area contributed by atoms with Crippen molar-refractivity contribution < 1.29 is 27.4 Å². The third-order valence-corrected chi connectivity index (χ3v) is 4.47. The van der Waals surface area contributed by atoms with Gasteiger partial charge in [0.1, 0.15) is 6.04 Å². The van der Waals surface area contributed by atoms with Crippen molar-refractivity contribution >= 4 is 11.6 Å². The van der Waals surface area contributed by atoms with E-state index in [0.717, 1.165) is 24.3 Å². The van der Waals surface area contributed by atoms with Crippen LogP contribution < -0.4 is 5.32 Å². The molecule has 1 amide bonds. The molecule has 0 radical (unpaired) electrons. The molecule has 0 unspecified atom stereocenters. The third-order valence-electron chi connectivity index (χ3n) is 4.47. The highest BCUT2D eigenvalue weighted by Crippen LogP contribution is 2.29. The number of nitro groups is 1. The molecular formula is C20H17F3N4O4. The highest BCUT2D eigenvalue weighted by molar-refractivity contribution is 5.94. The molecule has 0 saturated heterocycles. The lowest BCUT2D eigenvalue weighted by molar-refractivity contribution is -0.384. The van der Waals surface area contributed by atoms with Crippen LogP contribution in [0.15, 0.2) is 53.1 Å². The molecule has 3 rings (SSSR count). The minimum atomic E-state index is -4.49. The summed E-state index contributed by atoms with van der Waals surface area (Å²) in [7, 11) is 0. The Labute approximate surface area is 174 Å². The molecule has 162 valence electrons. The van der Waals surface area contributed by atoms with Crippen LogP contribution in [0.3, 0.4) is 0 Å². The quantitative estimate of drug-likeness (QED) is 0.441. The Bertz CT molecular complexity index is 1080. The van der Waals surface area contributed by atoms with E-state index in [2.05, 4.69) is 15.5 Å². The second-order valence-corrected chi connectivity index (χ2v) is 7.03. The fourth-order valence-corrected chi connectivity index (χ4v) is 2.76. The number of rotatable bonds is 6. The number of carbonyl (C=O) groups excluding carboxylic acids is 1. The fraction of sp³-hybridized carbons (Fsp3) is 0.250. The first-order valence-electron chi connectivity index (χ1n) is 9.13. The number of hydrogen-bond donors (Lipinski definition) is 1. The molecular weight excluding hydrogens is 417 g/mol. The molecule has 0 fully saturated rings. The van der Waals surface area contributed by atoms with Crippen LogP contribution in [0.5, 0.6) is 0 Å². The fourth-order valence-electron chi connectivity index (χ4n) is 2.76. The molecule has 0 spiro atoms. The number of amides is 1. The Hall–Kier alpha value is -3.76. The number of nitrogens with one attached hydrogen (secondary N) is 1. The Morgan fingerprint density at radius 2 is 1.71 bits per heavy atom. The predicted molar refractivity (Wildman–Crippen MR) is 103 cm³/mol. The maximum Gasteiger partial charge on any atom is 0.416 e. The Morgan fingerprint density at radius 1 is 1.10 bits per heavy atom. The van der Waals surface area contributed by atoms with E-state index < -0.39 is 28.6 Å². The number of nitro benzene ring substituents is 1. The van der Waals surface area contributed by atoms with E-state index in [1.807, 2.05) is 0 Å². The highest BCUT2D eigenvalue weighted by atomic mass is 19.4. The maximum atomic E-state index is 12.7. The molecule has 0 aliphatic carbocycles. The minimum absolute atomic E-state index is 0.0498. The van der Waals surface area contributed by atoms with Crippen LogP contribution in [0.1, 0.15) is 41.7 Å². The number of non-ortho nitro benzene ring substituents is 1. The number of benzene rings is 2. The second-order valence-electron chi connectivity index (χ2n) is 7.03. The smallest absolute Gasteiger partial charge is 0.340 e. The van der Waals surface area contributed by atoms with Gasteiger partial charge in [-0.15, -0.1) is 0 Å². The maximum absolute atomic E-state index is 12.7. The Balaban J connectivity index is 1.78. The van der Waals surface area contributed by atoms with E-state index in [0.29, 0.717) is 5.56 Å². The summed E-state index contributed by atoms with van der Waals surface area (Å²) in [5, 5.41) is 17.3. The van der Waals surface area contributed by atoms with Gasteiger partial charge in [-0.3, -0.25) is 14.9 Å². The summed E-state index contributed by atoms with van der Waals surface area (Å²) in [6.45, 7) is 3.60. The number of aromatic nitrogens is 2. The average molecular weight is 434 g/mol. The van der Waals surface area contributed by atoms with Crippen molar-refractivity contribution in [2.24, 2.45) is 5.92 Å². The number of carbonyl (C=O) groups is 1. The first-order chi connectivity index (χ1) is 14.6. The Morgan fingerprint density at radius 3 is 2.23 bits per heavy atom. The van der Waals surface area contributed by atoms with Gasteiger partial charge in [-0.2, -0.15) is 18.2 Å². The SMILES string of the molecule is CC(C)[C@H](NC(=O)c1ccc(C(F)(F)F)cc1)c1nc(-c2ccc([N+](=O)[O-])cc2)no1. The van der Waals surface area contributed by atoms with Crippen LogP contribution in [-0.2, 0) is 6.18 Å². The molecule has 2 aromatic carbocycles. The molecule has 1 aromatic heterocycles. The zero-order valence-corrected chi connectivity index (χ0v) is 16.4. The van der Waals surface area contributed by atoms with Crippen LogP contribution in [0.2, 0.25) is 0 Å². The lowest BCUT2D eigenvalue weighted by atomic mass is 10.0. The van der Waals surface area contributed by atoms with Crippen molar-refractivity contribution in [3.63, 3.8) is 0 Å². The largest absolute Gasteiger partial charge is 0.416 e. The lowest BCUT2D eigenvalue weighted by Gasteiger charge is -2.18. The lowest BCUT2D eigenvalue weighted by Crippen LogP contribution is -2.32. The molecule has 31 heavy (non-hydrogen) atoms. The molecule has 0 saturated carbocycles. The van der Waals surface area contributed by atoms with E-state index in [1.165, 1.54) is 24.3 Å². The monoisotopic (exact) mass is 434 g/mol. The van der Waals surface area contributed by atoms with Gasteiger partial charge in [-0.25, -0.2) is 0 Å². The topological polar surface area (TPSA) is 111 Å². The van der Waals surface area contributed by atoms with Gasteiger partial charge in [0.05, 0.1) is 10.5 Å². The minimum Gasteiger partial charge on any atom is -0.340 e. The predicted octanol–water partition coefficient (Wildman–Crippen LogP) is 4.79. The van der Waals surface area contributed by atoms with Gasteiger partial charge >= 0.3 is 6.18 Å². The zero-order chi connectivity index (χ0) is 22.8. The van der Waals surface area contributed by atoms with Gasteiger partial charge < -0.3 is 9.84 Å². The van der Waals surface area contributed by atoms with Crippen LogP contribution in [0.4, 0.5) is 18.9 Å². The molecule has 3 aromatic rings. The van der Waals surface area contributed by atoms with Crippen LogP contribution >= 0.6 is 0 Å². The summed E-state index contributed by atoms with van der Waals surface area (Å²) in [4.78, 5) is 27.0. The summed E-state index contributed by atoms with van der Waals surface area (Å²) in [6.07, 6.45) is -4.49. The average Bonchev–Trinajstić information content (AvgIpc) is 3.21. The molecule has 1 atom stereocenters. The van der Waals surface area contributed by atoms with Crippen molar-refractivity contribution in [3.8, 4) is 11.4 Å². The van der Waals surface area contributed by atoms with Crippen molar-refractivity contribution in [3.05, 3.63) is 75.7 Å². The molecule has 1 heterocycles. The molecule has 0 aliphatic heterocycles. The van der Waals surface area contributed by atoms with Crippen LogP contribution in [0, 0.1) is 16.0 Å². The number of hydrogen-bond acceptors (Lipinski definition) is 6. The summed E-state index contributed by atoms with van der Waals surface area (Å²) >= 11 is 0. The summed E-state index contributed by atoms with van der Waals surface area (Å²) in [5.41, 5.74) is -0.406. The number of alkyl halides is 3. The van der Waals surface area contributed by atoms with Crippen molar-refractivity contribution in [2.75, 3.05) is 0 Å². The molecule has 11 heteroatoms. The van der Waals surface area contributed by atoms with E-state index in [-0.39, 0.29) is 28.9 Å². The van der Waals surface area contributed by atoms with Gasteiger partial charge in [0.2, 0.25) is 11.7 Å². The second kappa shape index (κ2) is 8.54. The van der Waals surface area contributed by atoms with Gasteiger partial charge in [0, 0.05) is 23.3 Å². The van der Waals surface area contributed by atoms with Crippen molar-refractivity contribution in [1.82, 2.24) is 15.5 Å². The molecule has 1 N–H and O–H groups in total. The number of halogens is 3. The standard InChI is InChI=1S/C20H17F3N4O4/c1-11(2)16(24-18(28)13-3-7-14(8-4-13)20(21,22)23)19-25-17(26-31-19)12-5-9-15(10-6-12)27(29)30/h3-11,16H,1-2H3,(H,24,28)/t16-/m0/s1. The first-order valence-corrected chi connectivity index (χ1v) is 9.13. The van der Waals surface area contributed by atoms with Crippen LogP contribution in [0.25, 0.3) is 11.4 Å². The van der Waals surface area contributed by atoms with E-state index in [4.69, 9.17) is 4.52 Å². The van der Waals surface area contributed by atoms with Crippen molar-refractivity contribution in [1.29, 1.82) is 0 Å². The van der Waals surface area contributed by atoms with E-state index in [1.54, 1.807) is 13.8 Å². The van der Waals surface area contributed by atoms with E-state index >= 15 is 0 Å². The zero-order valence-electron chi connectivity index (χ0n) is 16.4. The van der Waals surface area contributed by atoms with Gasteiger partial charge in [0.25, 0.3) is 11.6 Å². The number of nitrogens with zero attached hydrogens (tertiary/aromatic N) is 3. The molecule has 0 aliphatic rings. The van der Waals surface area contributed by atoms with Crippen LogP contribution in [-0.4, -0.2) is 21.0 Å². The van der Waals surface area contributed by atoms with E-state index in [9.17, 15) is 28.1 Å². The molecule has 8 nitrogen and oxygen atoms in total. The van der Waals surface area contributed by atoms with Crippen molar-refractivity contribution in [2.45, 2.75) is 26.1 Å². The Kier molecular flexibility index (Phi) is 6.04. The van der Waals surface area contributed by atoms with Gasteiger partial charge in [-0.05, 0) is 42.3 Å². The van der Waals surface area contributed by atoms with Gasteiger partial charge in [0.15, 0.2) is 0 Å². The highest BCUT2D eigenvalue weighted by Gasteiger charge is 2.31. The third kappa shape index (κ3) is 5.05. The summed E-state index contributed by atoms with van der Waals surface area (Å²) in [5.74, 6) is -0.492.